The molecule has 1 amide bonds. The van der Waals surface area contributed by atoms with Gasteiger partial charge in [-0.2, -0.15) is 4.39 Å². The number of benzene rings is 1. The van der Waals surface area contributed by atoms with Gasteiger partial charge in [0.1, 0.15) is 6.54 Å². The first-order chi connectivity index (χ1) is 14.0. The quantitative estimate of drug-likeness (QED) is 0.734. The zero-order valence-electron chi connectivity index (χ0n) is 16.1. The molecule has 0 aliphatic carbocycles. The van der Waals surface area contributed by atoms with E-state index in [9.17, 15) is 14.0 Å². The number of carbonyl (C=O) groups excluding carboxylic acids is 1. The summed E-state index contributed by atoms with van der Waals surface area (Å²) in [4.78, 5) is 35.2. The van der Waals surface area contributed by atoms with Crippen molar-refractivity contribution in [1.82, 2.24) is 19.4 Å². The number of para-hydroxylation sites is 1. The molecule has 1 aromatic carbocycles. The number of carbonyl (C=O) groups is 1. The number of rotatable bonds is 3. The second-order valence-electron chi connectivity index (χ2n) is 8.02. The van der Waals surface area contributed by atoms with Crippen LogP contribution in [0.2, 0.25) is 0 Å². The summed E-state index contributed by atoms with van der Waals surface area (Å²) in [5.41, 5.74) is 0.435. The van der Waals surface area contributed by atoms with Crippen molar-refractivity contribution in [2.45, 2.75) is 13.5 Å². The third-order valence-electron chi connectivity index (χ3n) is 6.14. The summed E-state index contributed by atoms with van der Waals surface area (Å²) < 4.78 is 15.5. The van der Waals surface area contributed by atoms with Gasteiger partial charge in [0.05, 0.1) is 5.69 Å². The van der Waals surface area contributed by atoms with Crippen LogP contribution in [-0.4, -0.2) is 51.5 Å². The molecule has 0 saturated carbocycles. The Balaban J connectivity index is 1.25. The van der Waals surface area contributed by atoms with E-state index >= 15 is 0 Å². The van der Waals surface area contributed by atoms with Crippen molar-refractivity contribution < 1.29 is 9.18 Å². The van der Waals surface area contributed by atoms with E-state index in [0.717, 1.165) is 10.9 Å². The van der Waals surface area contributed by atoms with E-state index < -0.39 is 11.4 Å². The van der Waals surface area contributed by atoms with Gasteiger partial charge in [0.25, 0.3) is 5.56 Å². The number of likely N-dealkylation sites (tertiary alicyclic amines) is 1. The standard InChI is InChI=1S/C21H22FN5O2/c1-13-19(22)20(29)24-21(23-13)27-10-15-8-26(9-16(15)11-27)18(28)12-25-7-6-14-4-2-3-5-17(14)25/h2-7,15-16H,8-12H2,1H3,(H,23,24,29). The van der Waals surface area contributed by atoms with E-state index in [0.29, 0.717) is 50.5 Å². The second-order valence-corrected chi connectivity index (χ2v) is 8.02. The molecular weight excluding hydrogens is 373 g/mol. The number of nitrogens with one attached hydrogen (secondary N) is 1. The lowest BCUT2D eigenvalue weighted by molar-refractivity contribution is -0.131. The summed E-state index contributed by atoms with van der Waals surface area (Å²) in [6.45, 7) is 4.63. The fraction of sp³-hybridized carbons (Fsp3) is 0.381. The average Bonchev–Trinajstić information content (AvgIpc) is 3.39. The van der Waals surface area contributed by atoms with Gasteiger partial charge in [-0.3, -0.25) is 14.6 Å². The first-order valence-corrected chi connectivity index (χ1v) is 9.82. The number of anilines is 1. The predicted molar refractivity (Wildman–Crippen MR) is 107 cm³/mol. The van der Waals surface area contributed by atoms with Gasteiger partial charge in [0.2, 0.25) is 17.7 Å². The molecule has 29 heavy (non-hydrogen) atoms. The first-order valence-electron chi connectivity index (χ1n) is 9.82. The van der Waals surface area contributed by atoms with Gasteiger partial charge in [-0.1, -0.05) is 18.2 Å². The van der Waals surface area contributed by atoms with Crippen LogP contribution in [0.15, 0.2) is 41.3 Å². The fourth-order valence-electron chi connectivity index (χ4n) is 4.60. The van der Waals surface area contributed by atoms with Gasteiger partial charge >= 0.3 is 0 Å². The highest BCUT2D eigenvalue weighted by atomic mass is 19.1. The number of hydrogen-bond donors (Lipinski definition) is 1. The lowest BCUT2D eigenvalue weighted by atomic mass is 10.0. The Morgan fingerprint density at radius 2 is 1.90 bits per heavy atom. The topological polar surface area (TPSA) is 74.2 Å². The normalized spacial score (nSPS) is 21.2. The van der Waals surface area contributed by atoms with E-state index in [1.807, 2.05) is 50.9 Å². The maximum atomic E-state index is 13.6. The number of fused-ring (bicyclic) bond motifs is 2. The van der Waals surface area contributed by atoms with E-state index in [4.69, 9.17) is 0 Å². The minimum atomic E-state index is -0.831. The van der Waals surface area contributed by atoms with Crippen LogP contribution in [0, 0.1) is 24.6 Å². The van der Waals surface area contributed by atoms with Crippen LogP contribution in [0.1, 0.15) is 5.69 Å². The van der Waals surface area contributed by atoms with Crippen LogP contribution in [0.5, 0.6) is 0 Å². The molecule has 5 rings (SSSR count). The fourth-order valence-corrected chi connectivity index (χ4v) is 4.60. The van der Waals surface area contributed by atoms with Gasteiger partial charge in [-0.25, -0.2) is 4.98 Å². The number of aromatic amines is 1. The van der Waals surface area contributed by atoms with Gasteiger partial charge in [0, 0.05) is 49.7 Å². The molecule has 150 valence electrons. The van der Waals surface area contributed by atoms with Crippen LogP contribution in [0.3, 0.4) is 0 Å². The molecule has 3 aromatic rings. The van der Waals surface area contributed by atoms with Gasteiger partial charge in [-0.05, 0) is 24.4 Å². The van der Waals surface area contributed by atoms with Crippen molar-refractivity contribution in [2.24, 2.45) is 11.8 Å². The van der Waals surface area contributed by atoms with Crippen molar-refractivity contribution in [2.75, 3.05) is 31.1 Å². The van der Waals surface area contributed by atoms with Crippen molar-refractivity contribution in [3.8, 4) is 0 Å². The number of hydrogen-bond acceptors (Lipinski definition) is 4. The maximum Gasteiger partial charge on any atom is 0.288 e. The van der Waals surface area contributed by atoms with Gasteiger partial charge < -0.3 is 14.4 Å². The Bertz CT molecular complexity index is 1140. The van der Waals surface area contributed by atoms with Crippen LogP contribution < -0.4 is 10.5 Å². The van der Waals surface area contributed by atoms with E-state index in [1.165, 1.54) is 6.92 Å². The van der Waals surface area contributed by atoms with Crippen molar-refractivity contribution in [3.63, 3.8) is 0 Å². The maximum absolute atomic E-state index is 13.6. The van der Waals surface area contributed by atoms with Crippen LogP contribution in [0.25, 0.3) is 10.9 Å². The Labute approximate surface area is 166 Å². The molecule has 2 fully saturated rings. The molecule has 8 heteroatoms. The Hall–Kier alpha value is -3.16. The number of halogens is 1. The molecule has 2 aromatic heterocycles. The molecule has 2 aliphatic heterocycles. The molecule has 2 unspecified atom stereocenters. The minimum absolute atomic E-state index is 0.108. The monoisotopic (exact) mass is 395 g/mol. The molecule has 0 spiro atoms. The third-order valence-corrected chi connectivity index (χ3v) is 6.14. The number of aromatic nitrogens is 3. The number of aryl methyl sites for hydroxylation is 1. The van der Waals surface area contributed by atoms with E-state index in [1.54, 1.807) is 0 Å². The molecule has 2 atom stereocenters. The van der Waals surface area contributed by atoms with E-state index in [-0.39, 0.29) is 11.6 Å². The summed E-state index contributed by atoms with van der Waals surface area (Å²) in [5.74, 6) is 0.367. The summed E-state index contributed by atoms with van der Waals surface area (Å²) in [6.07, 6.45) is 1.96. The predicted octanol–water partition coefficient (Wildman–Crippen LogP) is 1.77. The summed E-state index contributed by atoms with van der Waals surface area (Å²) >= 11 is 0. The van der Waals surface area contributed by atoms with Crippen molar-refractivity contribution in [3.05, 3.63) is 58.4 Å². The van der Waals surface area contributed by atoms with Crippen molar-refractivity contribution in [1.29, 1.82) is 0 Å². The molecule has 0 bridgehead atoms. The highest BCUT2D eigenvalue weighted by Crippen LogP contribution is 2.33. The second kappa shape index (κ2) is 6.72. The Morgan fingerprint density at radius 3 is 2.62 bits per heavy atom. The van der Waals surface area contributed by atoms with E-state index in [2.05, 4.69) is 9.97 Å². The molecule has 1 N–H and O–H groups in total. The van der Waals surface area contributed by atoms with Crippen LogP contribution in [-0.2, 0) is 11.3 Å². The minimum Gasteiger partial charge on any atom is -0.342 e. The largest absolute Gasteiger partial charge is 0.342 e. The molecule has 4 heterocycles. The lowest BCUT2D eigenvalue weighted by Crippen LogP contribution is -2.36. The molecular formula is C21H22FN5O2. The number of H-pyrrole nitrogens is 1. The molecule has 2 saturated heterocycles. The molecule has 7 nitrogen and oxygen atoms in total. The highest BCUT2D eigenvalue weighted by Gasteiger charge is 2.42. The summed E-state index contributed by atoms with van der Waals surface area (Å²) in [7, 11) is 0. The third kappa shape index (κ3) is 3.08. The number of amides is 1. The molecule has 0 radical (unpaired) electrons. The SMILES string of the molecule is Cc1nc(N2CC3CN(C(=O)Cn4ccc5ccccc54)CC3C2)[nH]c(=O)c1F. The zero-order chi connectivity index (χ0) is 20.1. The number of nitrogens with zero attached hydrogens (tertiary/aromatic N) is 4. The highest BCUT2D eigenvalue weighted by molar-refractivity contribution is 5.83. The van der Waals surface area contributed by atoms with Crippen molar-refractivity contribution >= 4 is 22.8 Å². The zero-order valence-corrected chi connectivity index (χ0v) is 16.1. The van der Waals surface area contributed by atoms with Crippen LogP contribution >= 0.6 is 0 Å². The molecule has 2 aliphatic rings. The Morgan fingerprint density at radius 1 is 1.17 bits per heavy atom. The smallest absolute Gasteiger partial charge is 0.288 e. The van der Waals surface area contributed by atoms with Gasteiger partial charge in [0.15, 0.2) is 0 Å². The van der Waals surface area contributed by atoms with Gasteiger partial charge in [-0.15, -0.1) is 0 Å². The first kappa shape index (κ1) is 17.9. The summed E-state index contributed by atoms with van der Waals surface area (Å²) in [6, 6.07) is 10.1. The Kier molecular flexibility index (Phi) is 4.15. The summed E-state index contributed by atoms with van der Waals surface area (Å²) in [5, 5.41) is 1.13. The van der Waals surface area contributed by atoms with Crippen LogP contribution in [0.4, 0.5) is 10.3 Å². The average molecular weight is 395 g/mol. The lowest BCUT2D eigenvalue weighted by Gasteiger charge is -2.22.